The van der Waals surface area contributed by atoms with Crippen LogP contribution in [0, 0.1) is 0 Å². The smallest absolute Gasteiger partial charge is 0.396 e. The van der Waals surface area contributed by atoms with Gasteiger partial charge in [-0.25, -0.2) is 4.79 Å². The number of nitrogens with zero attached hydrogens (tertiary/aromatic N) is 2. The number of halogens is 1. The number of aliphatic hydroxyl groups is 1. The average Bonchev–Trinajstić information content (AvgIpc) is 2.71. The molecule has 2 aliphatic rings. The molecule has 30 heavy (non-hydrogen) atoms. The van der Waals surface area contributed by atoms with E-state index in [0.29, 0.717) is 24.3 Å². The number of aromatic nitrogens is 1. The van der Waals surface area contributed by atoms with Gasteiger partial charge in [0.25, 0.3) is 0 Å². The molecule has 4 rings (SSSR count). The van der Waals surface area contributed by atoms with Crippen LogP contribution in [0.5, 0.6) is 5.75 Å². The van der Waals surface area contributed by atoms with E-state index in [9.17, 15) is 14.7 Å². The van der Waals surface area contributed by atoms with Crippen LogP contribution in [-0.4, -0.2) is 40.1 Å². The van der Waals surface area contributed by atoms with Gasteiger partial charge in [0.2, 0.25) is 5.91 Å². The highest BCUT2D eigenvalue weighted by molar-refractivity contribution is 9.10. The molecule has 1 aromatic heterocycles. The Balaban J connectivity index is 1.68. The van der Waals surface area contributed by atoms with E-state index in [1.807, 2.05) is 38.1 Å². The third kappa shape index (κ3) is 4.01. The van der Waals surface area contributed by atoms with Gasteiger partial charge in [0, 0.05) is 23.5 Å². The summed E-state index contributed by atoms with van der Waals surface area (Å²) < 4.78 is 8.52. The number of aliphatic hydroxyl groups excluding tert-OH is 1. The Morgan fingerprint density at radius 3 is 2.70 bits per heavy atom. The molecule has 2 atom stereocenters. The zero-order valence-corrected chi connectivity index (χ0v) is 18.8. The summed E-state index contributed by atoms with van der Waals surface area (Å²) in [6.45, 7) is 4.24. The molecular weight excluding hydrogens is 448 g/mol. The van der Waals surface area contributed by atoms with Crippen LogP contribution in [0.3, 0.4) is 0 Å². The number of pyridine rings is 1. The number of hydrogen-bond acceptors (Lipinski definition) is 4. The molecule has 3 heterocycles. The van der Waals surface area contributed by atoms with E-state index in [4.69, 9.17) is 4.74 Å². The molecule has 0 saturated carbocycles. The van der Waals surface area contributed by atoms with Crippen molar-refractivity contribution in [3.8, 4) is 5.75 Å². The number of ether oxygens (including phenoxy) is 1. The minimum Gasteiger partial charge on any atom is -0.484 e. The zero-order chi connectivity index (χ0) is 21.5. The van der Waals surface area contributed by atoms with Crippen LogP contribution >= 0.6 is 15.9 Å². The maximum absolute atomic E-state index is 12.9. The molecule has 1 saturated heterocycles. The van der Waals surface area contributed by atoms with Crippen molar-refractivity contribution in [2.75, 3.05) is 6.54 Å². The number of carbonyl (C=O) groups excluding carboxylic acids is 2. The second-order valence-electron chi connectivity index (χ2n) is 8.51. The predicted molar refractivity (Wildman–Crippen MR) is 114 cm³/mol. The van der Waals surface area contributed by atoms with Crippen LogP contribution in [0.4, 0.5) is 0 Å². The van der Waals surface area contributed by atoms with E-state index in [1.54, 1.807) is 23.4 Å². The molecule has 1 N–H and O–H groups in total. The van der Waals surface area contributed by atoms with Crippen LogP contribution < -0.4 is 9.30 Å². The predicted octanol–water partition coefficient (Wildman–Crippen LogP) is 3.21. The normalized spacial score (nSPS) is 22.9. The number of piperidine rings is 1. The lowest BCUT2D eigenvalue weighted by atomic mass is 9.85. The summed E-state index contributed by atoms with van der Waals surface area (Å²) >= 11 is 3.40. The van der Waals surface area contributed by atoms with Crippen molar-refractivity contribution < 1.29 is 24.0 Å². The quantitative estimate of drug-likeness (QED) is 0.694. The number of fused-ring (bicyclic) bond motifs is 1. The van der Waals surface area contributed by atoms with Gasteiger partial charge in [-0.05, 0) is 44.4 Å². The number of carbonyl (C=O) groups is 2. The molecular formula is C23H26BrN2O4+. The first-order valence-electron chi connectivity index (χ1n) is 10.3. The highest BCUT2D eigenvalue weighted by atomic mass is 79.9. The second-order valence-corrected chi connectivity index (χ2v) is 9.42. The molecule has 2 aliphatic heterocycles. The largest absolute Gasteiger partial charge is 0.484 e. The molecule has 1 fully saturated rings. The number of amides is 1. The lowest BCUT2D eigenvalue weighted by Gasteiger charge is -2.46. The lowest BCUT2D eigenvalue weighted by Crippen LogP contribution is -2.56. The maximum atomic E-state index is 12.9. The van der Waals surface area contributed by atoms with Crippen molar-refractivity contribution in [2.45, 2.75) is 57.3 Å². The number of rotatable bonds is 3. The molecule has 0 aliphatic carbocycles. The van der Waals surface area contributed by atoms with E-state index < -0.39 is 17.7 Å². The maximum Gasteiger partial charge on any atom is 0.396 e. The van der Waals surface area contributed by atoms with Crippen molar-refractivity contribution in [1.29, 1.82) is 0 Å². The Kier molecular flexibility index (Phi) is 5.68. The van der Waals surface area contributed by atoms with Crippen LogP contribution in [0.25, 0.3) is 0 Å². The second kappa shape index (κ2) is 8.12. The number of likely N-dealkylation sites (tertiary alicyclic amines) is 1. The molecule has 2 unspecified atom stereocenters. The fourth-order valence-electron chi connectivity index (χ4n) is 4.19. The average molecular weight is 474 g/mol. The van der Waals surface area contributed by atoms with Crippen LogP contribution in [0.15, 0.2) is 47.2 Å². The van der Waals surface area contributed by atoms with Gasteiger partial charge in [-0.2, -0.15) is 0 Å². The number of hydrogen-bond donors (Lipinski definition) is 1. The van der Waals surface area contributed by atoms with Crippen molar-refractivity contribution in [1.82, 2.24) is 4.90 Å². The SMILES string of the molecule is CC1(C)Oc2cc[n+](C(=O)Cc3ccc(Br)cc3)cc2C(N2CCCCC2=O)C1O. The van der Waals surface area contributed by atoms with E-state index in [1.165, 1.54) is 4.57 Å². The van der Waals surface area contributed by atoms with Crippen molar-refractivity contribution in [3.05, 3.63) is 58.3 Å². The summed E-state index contributed by atoms with van der Waals surface area (Å²) in [6.07, 6.45) is 5.00. The van der Waals surface area contributed by atoms with Crippen molar-refractivity contribution in [3.63, 3.8) is 0 Å². The van der Waals surface area contributed by atoms with E-state index in [2.05, 4.69) is 15.9 Å². The Labute approximate surface area is 184 Å². The van der Waals surface area contributed by atoms with Gasteiger partial charge in [-0.1, -0.05) is 28.1 Å². The van der Waals surface area contributed by atoms with Crippen LogP contribution in [0.2, 0.25) is 0 Å². The summed E-state index contributed by atoms with van der Waals surface area (Å²) in [5, 5.41) is 11.1. The monoisotopic (exact) mass is 473 g/mol. The van der Waals surface area contributed by atoms with Crippen molar-refractivity contribution >= 4 is 27.7 Å². The third-order valence-corrected chi connectivity index (χ3v) is 6.43. The highest BCUT2D eigenvalue weighted by Crippen LogP contribution is 2.43. The van der Waals surface area contributed by atoms with Gasteiger partial charge in [0.05, 0.1) is 18.0 Å². The fraction of sp³-hybridized carbons (Fsp3) is 0.435. The topological polar surface area (TPSA) is 70.7 Å². The first kappa shape index (κ1) is 21.0. The Bertz CT molecular complexity index is 974. The minimum absolute atomic E-state index is 0.0329. The van der Waals surface area contributed by atoms with Gasteiger partial charge in [0.1, 0.15) is 17.5 Å². The van der Waals surface area contributed by atoms with Gasteiger partial charge in [-0.15, -0.1) is 4.57 Å². The molecule has 1 amide bonds. The first-order valence-corrected chi connectivity index (χ1v) is 11.0. The lowest BCUT2D eigenvalue weighted by molar-refractivity contribution is -0.575. The molecule has 0 radical (unpaired) electrons. The molecule has 2 aromatic rings. The molecule has 7 heteroatoms. The molecule has 0 bridgehead atoms. The number of benzene rings is 1. The fourth-order valence-corrected chi connectivity index (χ4v) is 4.46. The Morgan fingerprint density at radius 2 is 2.00 bits per heavy atom. The Morgan fingerprint density at radius 1 is 1.27 bits per heavy atom. The third-order valence-electron chi connectivity index (χ3n) is 5.90. The molecule has 158 valence electrons. The van der Waals surface area contributed by atoms with E-state index in [-0.39, 0.29) is 18.2 Å². The summed E-state index contributed by atoms with van der Waals surface area (Å²) in [4.78, 5) is 27.3. The molecule has 6 nitrogen and oxygen atoms in total. The van der Waals surface area contributed by atoms with Gasteiger partial charge < -0.3 is 14.7 Å². The van der Waals surface area contributed by atoms with Gasteiger partial charge in [0.15, 0.2) is 12.4 Å². The molecule has 0 spiro atoms. The highest BCUT2D eigenvalue weighted by Gasteiger charge is 2.48. The van der Waals surface area contributed by atoms with Crippen LogP contribution in [0.1, 0.15) is 55.1 Å². The summed E-state index contributed by atoms with van der Waals surface area (Å²) in [5.41, 5.74) is 0.737. The van der Waals surface area contributed by atoms with Crippen molar-refractivity contribution in [2.24, 2.45) is 0 Å². The van der Waals surface area contributed by atoms with E-state index >= 15 is 0 Å². The molecule has 1 aromatic carbocycles. The van der Waals surface area contributed by atoms with Gasteiger partial charge in [-0.3, -0.25) is 4.79 Å². The van der Waals surface area contributed by atoms with Gasteiger partial charge >= 0.3 is 5.91 Å². The van der Waals surface area contributed by atoms with Crippen LogP contribution in [-0.2, 0) is 11.2 Å². The first-order chi connectivity index (χ1) is 14.3. The standard InChI is InChI=1S/C23H26BrN2O4/c1-23(2)22(29)21(26-11-4-3-5-19(26)27)17-14-25(12-10-18(17)30-23)20(28)13-15-6-8-16(24)9-7-15/h6-10,12,14,21-22,29H,3-5,11,13H2,1-2H3/q+1. The summed E-state index contributed by atoms with van der Waals surface area (Å²) in [5.74, 6) is 0.537. The Hall–Kier alpha value is -2.25. The zero-order valence-electron chi connectivity index (χ0n) is 17.2. The van der Waals surface area contributed by atoms with E-state index in [0.717, 1.165) is 22.9 Å². The summed E-state index contributed by atoms with van der Waals surface area (Å²) in [6, 6.07) is 8.85. The summed E-state index contributed by atoms with van der Waals surface area (Å²) in [7, 11) is 0. The minimum atomic E-state index is -0.899.